The number of nitro groups is 1. The van der Waals surface area contributed by atoms with Gasteiger partial charge in [0.05, 0.1) is 10.7 Å². The zero-order chi connectivity index (χ0) is 20.3. The molecule has 0 saturated heterocycles. The molecule has 0 aliphatic rings. The van der Waals surface area contributed by atoms with Crippen LogP contribution in [0.3, 0.4) is 0 Å². The van der Waals surface area contributed by atoms with Crippen molar-refractivity contribution in [1.29, 1.82) is 0 Å². The monoisotopic (exact) mass is 397 g/mol. The van der Waals surface area contributed by atoms with Gasteiger partial charge in [-0.05, 0) is 37.6 Å². The molecular formula is C19H19N5O3S. The van der Waals surface area contributed by atoms with Crippen LogP contribution in [0.1, 0.15) is 11.1 Å². The molecule has 144 valence electrons. The predicted molar refractivity (Wildman–Crippen MR) is 108 cm³/mol. The number of nitrogens with one attached hydrogen (secondary N) is 1. The summed E-state index contributed by atoms with van der Waals surface area (Å²) in [5.74, 6) is 0.642. The quantitative estimate of drug-likeness (QED) is 0.386. The average molecular weight is 397 g/mol. The van der Waals surface area contributed by atoms with Crippen molar-refractivity contribution < 1.29 is 9.72 Å². The fraction of sp³-hybridized carbons (Fsp3) is 0.211. The maximum atomic E-state index is 12.3. The Morgan fingerprint density at radius 1 is 1.18 bits per heavy atom. The molecule has 3 rings (SSSR count). The van der Waals surface area contributed by atoms with Crippen LogP contribution in [0.4, 0.5) is 11.4 Å². The highest BCUT2D eigenvalue weighted by molar-refractivity contribution is 7.99. The van der Waals surface area contributed by atoms with Crippen molar-refractivity contribution in [3.05, 3.63) is 63.7 Å². The first kappa shape index (κ1) is 19.6. The van der Waals surface area contributed by atoms with E-state index in [1.165, 1.54) is 23.9 Å². The Morgan fingerprint density at radius 2 is 1.89 bits per heavy atom. The van der Waals surface area contributed by atoms with Gasteiger partial charge in [-0.1, -0.05) is 29.5 Å². The molecule has 9 heteroatoms. The summed E-state index contributed by atoms with van der Waals surface area (Å²) in [6, 6.07) is 12.0. The van der Waals surface area contributed by atoms with Crippen molar-refractivity contribution in [3.8, 4) is 11.4 Å². The number of anilines is 1. The van der Waals surface area contributed by atoms with E-state index in [1.54, 1.807) is 23.7 Å². The first-order valence-electron chi connectivity index (χ1n) is 8.49. The second-order valence-electron chi connectivity index (χ2n) is 6.32. The Hall–Kier alpha value is -3.20. The number of hydrogen-bond acceptors (Lipinski definition) is 6. The minimum atomic E-state index is -0.448. The SMILES string of the molecule is Cc1ccc(NC(=O)CSc2nnc(-c3ccc([N+](=O)[O-])cc3)n2C)c(C)c1. The lowest BCUT2D eigenvalue weighted by Gasteiger charge is -2.09. The molecule has 0 aliphatic heterocycles. The van der Waals surface area contributed by atoms with E-state index in [0.29, 0.717) is 16.5 Å². The third-order valence-corrected chi connectivity index (χ3v) is 5.18. The van der Waals surface area contributed by atoms with E-state index >= 15 is 0 Å². The van der Waals surface area contributed by atoms with Gasteiger partial charge in [0.1, 0.15) is 0 Å². The molecule has 1 aromatic heterocycles. The molecule has 0 radical (unpaired) electrons. The zero-order valence-corrected chi connectivity index (χ0v) is 16.5. The predicted octanol–water partition coefficient (Wildman–Crippen LogP) is 3.74. The third-order valence-electron chi connectivity index (χ3n) is 4.16. The highest BCUT2D eigenvalue weighted by atomic mass is 32.2. The zero-order valence-electron chi connectivity index (χ0n) is 15.7. The molecule has 1 amide bonds. The number of amides is 1. The molecule has 0 unspecified atom stereocenters. The number of nitrogens with zero attached hydrogens (tertiary/aromatic N) is 4. The van der Waals surface area contributed by atoms with Gasteiger partial charge in [-0.25, -0.2) is 0 Å². The average Bonchev–Trinajstić information content (AvgIpc) is 3.03. The molecule has 0 spiro atoms. The van der Waals surface area contributed by atoms with Crippen LogP contribution in [0.15, 0.2) is 47.6 Å². The van der Waals surface area contributed by atoms with E-state index in [-0.39, 0.29) is 17.3 Å². The minimum absolute atomic E-state index is 0.0172. The number of thioether (sulfide) groups is 1. The Balaban J connectivity index is 1.65. The minimum Gasteiger partial charge on any atom is -0.325 e. The normalized spacial score (nSPS) is 10.7. The van der Waals surface area contributed by atoms with Gasteiger partial charge in [-0.3, -0.25) is 14.9 Å². The summed E-state index contributed by atoms with van der Waals surface area (Å²) >= 11 is 1.28. The summed E-state index contributed by atoms with van der Waals surface area (Å²) in [4.78, 5) is 22.6. The molecule has 1 heterocycles. The standard InChI is InChI=1S/C19H19N5O3S/c1-12-4-9-16(13(2)10-12)20-17(25)11-28-19-22-21-18(23(19)3)14-5-7-15(8-6-14)24(26)27/h4-10H,11H2,1-3H3,(H,20,25). The van der Waals surface area contributed by atoms with Crippen molar-refractivity contribution >= 4 is 29.0 Å². The summed E-state index contributed by atoms with van der Waals surface area (Å²) in [7, 11) is 1.79. The Labute approximate surface area is 166 Å². The van der Waals surface area contributed by atoms with E-state index in [4.69, 9.17) is 0 Å². The van der Waals surface area contributed by atoms with E-state index in [0.717, 1.165) is 16.8 Å². The summed E-state index contributed by atoms with van der Waals surface area (Å²) in [6.45, 7) is 3.96. The van der Waals surface area contributed by atoms with Gasteiger partial charge in [-0.15, -0.1) is 10.2 Å². The molecule has 3 aromatic rings. The van der Waals surface area contributed by atoms with Crippen LogP contribution in [0, 0.1) is 24.0 Å². The van der Waals surface area contributed by atoms with Crippen LogP contribution in [0.2, 0.25) is 0 Å². The highest BCUT2D eigenvalue weighted by Crippen LogP contribution is 2.25. The molecule has 0 atom stereocenters. The highest BCUT2D eigenvalue weighted by Gasteiger charge is 2.14. The number of carbonyl (C=O) groups excluding carboxylic acids is 1. The topological polar surface area (TPSA) is 103 Å². The first-order valence-corrected chi connectivity index (χ1v) is 9.48. The molecule has 0 saturated carbocycles. The summed E-state index contributed by atoms with van der Waals surface area (Å²) < 4.78 is 1.76. The van der Waals surface area contributed by atoms with Crippen LogP contribution < -0.4 is 5.32 Å². The molecule has 0 bridgehead atoms. The van der Waals surface area contributed by atoms with Crippen LogP contribution >= 0.6 is 11.8 Å². The molecule has 0 fully saturated rings. The van der Waals surface area contributed by atoms with Gasteiger partial charge < -0.3 is 9.88 Å². The van der Waals surface area contributed by atoms with Gasteiger partial charge in [0.2, 0.25) is 5.91 Å². The lowest BCUT2D eigenvalue weighted by Crippen LogP contribution is -2.15. The number of aryl methyl sites for hydroxylation is 2. The van der Waals surface area contributed by atoms with Gasteiger partial charge in [0.25, 0.3) is 5.69 Å². The first-order chi connectivity index (χ1) is 13.3. The molecule has 8 nitrogen and oxygen atoms in total. The van der Waals surface area contributed by atoms with Gasteiger partial charge in [-0.2, -0.15) is 0 Å². The number of non-ortho nitro benzene ring substituents is 1. The van der Waals surface area contributed by atoms with Gasteiger partial charge >= 0.3 is 0 Å². The van der Waals surface area contributed by atoms with Crippen LogP contribution in [0.25, 0.3) is 11.4 Å². The maximum absolute atomic E-state index is 12.3. The Kier molecular flexibility index (Phi) is 5.74. The molecule has 0 aliphatic carbocycles. The lowest BCUT2D eigenvalue weighted by atomic mass is 10.1. The summed E-state index contributed by atoms with van der Waals surface area (Å²) in [5, 5.41) is 22.5. The lowest BCUT2D eigenvalue weighted by molar-refractivity contribution is -0.384. The number of hydrogen-bond donors (Lipinski definition) is 1. The van der Waals surface area contributed by atoms with Crippen molar-refractivity contribution in [2.75, 3.05) is 11.1 Å². The van der Waals surface area contributed by atoms with Gasteiger partial charge in [0, 0.05) is 30.4 Å². The Morgan fingerprint density at radius 3 is 2.54 bits per heavy atom. The van der Waals surface area contributed by atoms with Crippen molar-refractivity contribution in [2.45, 2.75) is 19.0 Å². The number of nitro benzene ring substituents is 1. The smallest absolute Gasteiger partial charge is 0.269 e. The van der Waals surface area contributed by atoms with Crippen molar-refractivity contribution in [1.82, 2.24) is 14.8 Å². The van der Waals surface area contributed by atoms with E-state index < -0.39 is 4.92 Å². The van der Waals surface area contributed by atoms with E-state index in [2.05, 4.69) is 15.5 Å². The van der Waals surface area contributed by atoms with Crippen molar-refractivity contribution in [3.63, 3.8) is 0 Å². The number of aromatic nitrogens is 3. The second kappa shape index (κ2) is 8.22. The number of benzene rings is 2. The molecular weight excluding hydrogens is 378 g/mol. The van der Waals surface area contributed by atoms with E-state index in [1.807, 2.05) is 32.0 Å². The third kappa shape index (κ3) is 4.37. The maximum Gasteiger partial charge on any atom is 0.269 e. The molecule has 1 N–H and O–H groups in total. The second-order valence-corrected chi connectivity index (χ2v) is 7.27. The van der Waals surface area contributed by atoms with E-state index in [9.17, 15) is 14.9 Å². The fourth-order valence-electron chi connectivity index (χ4n) is 2.69. The van der Waals surface area contributed by atoms with Crippen LogP contribution in [0.5, 0.6) is 0 Å². The van der Waals surface area contributed by atoms with Gasteiger partial charge in [0.15, 0.2) is 11.0 Å². The van der Waals surface area contributed by atoms with Crippen molar-refractivity contribution in [2.24, 2.45) is 7.05 Å². The summed E-state index contributed by atoms with van der Waals surface area (Å²) in [5.41, 5.74) is 3.68. The molecule has 2 aromatic carbocycles. The Bertz CT molecular complexity index is 1030. The number of carbonyl (C=O) groups is 1. The van der Waals surface area contributed by atoms with Crippen LogP contribution in [-0.2, 0) is 11.8 Å². The summed E-state index contributed by atoms with van der Waals surface area (Å²) in [6.07, 6.45) is 0. The molecule has 28 heavy (non-hydrogen) atoms. The fourth-order valence-corrected chi connectivity index (χ4v) is 3.41. The largest absolute Gasteiger partial charge is 0.325 e. The number of rotatable bonds is 6. The van der Waals surface area contributed by atoms with Crippen LogP contribution in [-0.4, -0.2) is 31.3 Å².